The average Bonchev–Trinajstić information content (AvgIpc) is 1.92. The first-order valence-corrected chi connectivity index (χ1v) is 5.16. The van der Waals surface area contributed by atoms with Gasteiger partial charge in [0, 0.05) is 12.4 Å². The van der Waals surface area contributed by atoms with Crippen molar-refractivity contribution >= 4 is 26.0 Å². The number of aromatic amines is 1. The van der Waals surface area contributed by atoms with Crippen LogP contribution >= 0.6 is 15.9 Å². The van der Waals surface area contributed by atoms with Gasteiger partial charge in [-0.05, 0) is 15.9 Å². The summed E-state index contributed by atoms with van der Waals surface area (Å²) >= 11 is 2.87. The molecule has 0 amide bonds. The van der Waals surface area contributed by atoms with E-state index in [2.05, 4.69) is 20.9 Å². The van der Waals surface area contributed by atoms with Gasteiger partial charge in [0.05, 0.1) is 4.47 Å². The second-order valence-electron chi connectivity index (χ2n) is 2.04. The summed E-state index contributed by atoms with van der Waals surface area (Å²) in [6.07, 6.45) is 2.37. The predicted octanol–water partition coefficient (Wildman–Crippen LogP) is -0.215. The minimum atomic E-state index is -3.93. The number of rotatable bonds is 1. The molecule has 0 aromatic carbocycles. The molecular formula is C5H5BrN2O3S. The van der Waals surface area contributed by atoms with Gasteiger partial charge in [0.25, 0.3) is 0 Å². The van der Waals surface area contributed by atoms with Gasteiger partial charge in [0.2, 0.25) is 15.5 Å². The molecule has 0 aliphatic rings. The summed E-state index contributed by atoms with van der Waals surface area (Å²) in [5.41, 5.74) is -0.642. The molecule has 0 spiro atoms. The van der Waals surface area contributed by atoms with Crippen LogP contribution in [-0.4, -0.2) is 13.4 Å². The van der Waals surface area contributed by atoms with E-state index in [0.717, 1.165) is 6.20 Å². The summed E-state index contributed by atoms with van der Waals surface area (Å²) in [6, 6.07) is 0. The predicted molar refractivity (Wildman–Crippen MR) is 46.1 cm³/mol. The number of primary sulfonamides is 1. The third-order valence-corrected chi connectivity index (χ3v) is 2.68. The van der Waals surface area contributed by atoms with Crippen LogP contribution in [-0.2, 0) is 10.0 Å². The van der Waals surface area contributed by atoms with Crippen LogP contribution in [0.1, 0.15) is 0 Å². The normalized spacial score (nSPS) is 11.5. The molecule has 0 unspecified atom stereocenters. The Kier molecular flexibility index (Phi) is 2.36. The highest BCUT2D eigenvalue weighted by Gasteiger charge is 2.13. The molecule has 5 nitrogen and oxygen atoms in total. The fourth-order valence-electron chi connectivity index (χ4n) is 0.651. The van der Waals surface area contributed by atoms with E-state index in [1.807, 2.05) is 0 Å². The fraction of sp³-hybridized carbons (Fsp3) is 0. The molecule has 1 heterocycles. The lowest BCUT2D eigenvalue weighted by Gasteiger charge is -1.95. The third kappa shape index (κ3) is 1.74. The second kappa shape index (κ2) is 3.00. The standard InChI is InChI=1S/C5H5BrN2O3S/c6-3-1-8-2-4(5(3)9)12(7,10)11/h1-2H,(H,8,9)(H2,7,10,11). The number of nitrogens with one attached hydrogen (secondary N) is 1. The van der Waals surface area contributed by atoms with E-state index in [4.69, 9.17) is 5.14 Å². The quantitative estimate of drug-likeness (QED) is 0.724. The minimum Gasteiger partial charge on any atom is -0.365 e. The Hall–Kier alpha value is -0.660. The first kappa shape index (κ1) is 9.43. The van der Waals surface area contributed by atoms with Gasteiger partial charge >= 0.3 is 0 Å². The average molecular weight is 253 g/mol. The molecule has 3 N–H and O–H groups in total. The van der Waals surface area contributed by atoms with Crippen molar-refractivity contribution in [3.63, 3.8) is 0 Å². The van der Waals surface area contributed by atoms with Crippen molar-refractivity contribution in [1.82, 2.24) is 4.98 Å². The molecule has 0 radical (unpaired) electrons. The lowest BCUT2D eigenvalue weighted by molar-refractivity contribution is 0.596. The topological polar surface area (TPSA) is 93.0 Å². The monoisotopic (exact) mass is 252 g/mol. The first-order chi connectivity index (χ1) is 5.43. The number of hydrogen-bond donors (Lipinski definition) is 2. The Labute approximate surface area is 76.8 Å². The first-order valence-electron chi connectivity index (χ1n) is 2.82. The molecule has 12 heavy (non-hydrogen) atoms. The van der Waals surface area contributed by atoms with Crippen molar-refractivity contribution in [3.8, 4) is 0 Å². The summed E-state index contributed by atoms with van der Waals surface area (Å²) in [5, 5.41) is 4.76. The Morgan fingerprint density at radius 1 is 1.42 bits per heavy atom. The minimum absolute atomic E-state index is 0.133. The third-order valence-electron chi connectivity index (χ3n) is 1.17. The number of H-pyrrole nitrogens is 1. The van der Waals surface area contributed by atoms with Gasteiger partial charge in [-0.3, -0.25) is 4.79 Å². The number of halogens is 1. The summed E-state index contributed by atoms with van der Waals surface area (Å²) in [4.78, 5) is 13.1. The molecule has 0 saturated carbocycles. The van der Waals surface area contributed by atoms with Crippen molar-refractivity contribution in [3.05, 3.63) is 27.1 Å². The van der Waals surface area contributed by atoms with Gasteiger partial charge in [-0.2, -0.15) is 0 Å². The molecule has 66 valence electrons. The maximum Gasteiger partial charge on any atom is 0.243 e. The lowest BCUT2D eigenvalue weighted by atomic mass is 10.5. The number of nitrogens with two attached hydrogens (primary N) is 1. The lowest BCUT2D eigenvalue weighted by Crippen LogP contribution is -2.21. The molecule has 1 aromatic rings. The van der Waals surface area contributed by atoms with Crippen LogP contribution in [0.3, 0.4) is 0 Å². The highest BCUT2D eigenvalue weighted by Crippen LogP contribution is 2.04. The number of aromatic nitrogens is 1. The Morgan fingerprint density at radius 2 is 2.00 bits per heavy atom. The van der Waals surface area contributed by atoms with Crippen LogP contribution in [0.4, 0.5) is 0 Å². The number of hydrogen-bond acceptors (Lipinski definition) is 3. The fourth-order valence-corrected chi connectivity index (χ4v) is 1.73. The van der Waals surface area contributed by atoms with E-state index in [9.17, 15) is 13.2 Å². The number of sulfonamides is 1. The highest BCUT2D eigenvalue weighted by molar-refractivity contribution is 9.10. The molecular weight excluding hydrogens is 248 g/mol. The molecule has 0 atom stereocenters. The summed E-state index contributed by atoms with van der Waals surface area (Å²) in [6.45, 7) is 0. The maximum absolute atomic E-state index is 11.1. The highest BCUT2D eigenvalue weighted by atomic mass is 79.9. The maximum atomic E-state index is 11.1. The molecule has 0 aliphatic carbocycles. The zero-order valence-corrected chi connectivity index (χ0v) is 8.15. The van der Waals surface area contributed by atoms with Gasteiger partial charge in [0.1, 0.15) is 4.90 Å². The van der Waals surface area contributed by atoms with Crippen LogP contribution in [0.15, 0.2) is 26.6 Å². The molecule has 7 heteroatoms. The van der Waals surface area contributed by atoms with Crippen LogP contribution in [0.2, 0.25) is 0 Å². The van der Waals surface area contributed by atoms with Gasteiger partial charge < -0.3 is 4.98 Å². The molecule has 0 fully saturated rings. The molecule has 0 aliphatic heterocycles. The molecule has 1 rings (SSSR count). The summed E-state index contributed by atoms with van der Waals surface area (Å²) < 4.78 is 21.6. The van der Waals surface area contributed by atoms with Gasteiger partial charge in [-0.25, -0.2) is 13.6 Å². The Morgan fingerprint density at radius 3 is 2.42 bits per heavy atom. The van der Waals surface area contributed by atoms with Gasteiger partial charge in [-0.15, -0.1) is 0 Å². The largest absolute Gasteiger partial charge is 0.365 e. The van der Waals surface area contributed by atoms with Gasteiger partial charge in [0.15, 0.2) is 0 Å². The van der Waals surface area contributed by atoms with Gasteiger partial charge in [-0.1, -0.05) is 0 Å². The van der Waals surface area contributed by atoms with Crippen molar-refractivity contribution in [2.24, 2.45) is 5.14 Å². The zero-order valence-electron chi connectivity index (χ0n) is 5.74. The molecule has 1 aromatic heterocycles. The van der Waals surface area contributed by atoms with Crippen molar-refractivity contribution < 1.29 is 8.42 Å². The van der Waals surface area contributed by atoms with E-state index in [-0.39, 0.29) is 4.47 Å². The summed E-state index contributed by atoms with van der Waals surface area (Å²) in [7, 11) is -3.93. The van der Waals surface area contributed by atoms with E-state index in [1.54, 1.807) is 0 Å². The van der Waals surface area contributed by atoms with Crippen LogP contribution in [0.25, 0.3) is 0 Å². The van der Waals surface area contributed by atoms with Crippen molar-refractivity contribution in [2.45, 2.75) is 4.90 Å². The van der Waals surface area contributed by atoms with E-state index < -0.39 is 20.3 Å². The number of pyridine rings is 1. The zero-order chi connectivity index (χ0) is 9.35. The van der Waals surface area contributed by atoms with Crippen molar-refractivity contribution in [1.29, 1.82) is 0 Å². The molecule has 0 saturated heterocycles. The SMILES string of the molecule is NS(=O)(=O)c1c[nH]cc(Br)c1=O. The second-order valence-corrected chi connectivity index (χ2v) is 4.43. The summed E-state index contributed by atoms with van der Waals surface area (Å²) in [5.74, 6) is 0. The van der Waals surface area contributed by atoms with Crippen molar-refractivity contribution in [2.75, 3.05) is 0 Å². The smallest absolute Gasteiger partial charge is 0.243 e. The molecule has 0 bridgehead atoms. The van der Waals surface area contributed by atoms with E-state index in [1.165, 1.54) is 6.20 Å². The van der Waals surface area contributed by atoms with E-state index in [0.29, 0.717) is 0 Å². The van der Waals surface area contributed by atoms with Crippen LogP contribution < -0.4 is 10.6 Å². The Bertz CT molecular complexity index is 450. The van der Waals surface area contributed by atoms with Crippen LogP contribution in [0.5, 0.6) is 0 Å². The Balaban J connectivity index is 3.59. The van der Waals surface area contributed by atoms with E-state index >= 15 is 0 Å². The van der Waals surface area contributed by atoms with Crippen LogP contribution in [0, 0.1) is 0 Å².